The minimum absolute atomic E-state index is 0.0114. The van der Waals surface area contributed by atoms with Crippen LogP contribution in [0.4, 0.5) is 0 Å². The fourth-order valence-corrected chi connectivity index (χ4v) is 2.19. The SMILES string of the molecule is CC1C(=O)N(CC(O)CC(C)(C)C)C(=O)C1C. The average Bonchev–Trinajstić information content (AvgIpc) is 2.33. The van der Waals surface area contributed by atoms with Crippen LogP contribution in [0.1, 0.15) is 41.0 Å². The second kappa shape index (κ2) is 4.77. The zero-order valence-electron chi connectivity index (χ0n) is 11.4. The minimum atomic E-state index is -0.639. The molecule has 0 saturated carbocycles. The summed E-state index contributed by atoms with van der Waals surface area (Å²) >= 11 is 0. The van der Waals surface area contributed by atoms with Crippen molar-refractivity contribution in [2.24, 2.45) is 17.3 Å². The van der Waals surface area contributed by atoms with Crippen molar-refractivity contribution in [2.45, 2.75) is 47.1 Å². The van der Waals surface area contributed by atoms with Crippen LogP contribution < -0.4 is 0 Å². The van der Waals surface area contributed by atoms with E-state index >= 15 is 0 Å². The van der Waals surface area contributed by atoms with Crippen molar-refractivity contribution in [3.05, 3.63) is 0 Å². The number of hydrogen-bond donors (Lipinski definition) is 1. The summed E-state index contributed by atoms with van der Waals surface area (Å²) in [6.07, 6.45) is -0.0623. The maximum Gasteiger partial charge on any atom is 0.232 e. The molecule has 0 spiro atoms. The first kappa shape index (κ1) is 14.2. The molecule has 0 radical (unpaired) electrons. The van der Waals surface area contributed by atoms with Gasteiger partial charge in [0.1, 0.15) is 0 Å². The Kier molecular flexibility index (Phi) is 3.97. The number of likely N-dealkylation sites (tertiary alicyclic amines) is 1. The predicted molar refractivity (Wildman–Crippen MR) is 65.1 cm³/mol. The third-order valence-electron chi connectivity index (χ3n) is 3.30. The van der Waals surface area contributed by atoms with E-state index in [1.165, 1.54) is 4.90 Å². The molecule has 0 aromatic rings. The van der Waals surface area contributed by atoms with Gasteiger partial charge < -0.3 is 5.11 Å². The molecule has 0 bridgehead atoms. The summed E-state index contributed by atoms with van der Waals surface area (Å²) in [5.74, 6) is -0.834. The molecule has 1 aliphatic heterocycles. The first-order valence-electron chi connectivity index (χ1n) is 6.17. The molecule has 4 heteroatoms. The number of carbonyl (C=O) groups is 2. The molecule has 1 rings (SSSR count). The standard InChI is InChI=1S/C13H23NO3/c1-8-9(2)12(17)14(11(8)16)7-10(15)6-13(3,4)5/h8-10,15H,6-7H2,1-5H3. The van der Waals surface area contributed by atoms with Crippen molar-refractivity contribution >= 4 is 11.8 Å². The summed E-state index contributed by atoms with van der Waals surface area (Å²) in [4.78, 5) is 24.9. The molecule has 4 nitrogen and oxygen atoms in total. The first-order valence-corrected chi connectivity index (χ1v) is 6.17. The zero-order valence-corrected chi connectivity index (χ0v) is 11.4. The Labute approximate surface area is 103 Å². The highest BCUT2D eigenvalue weighted by Crippen LogP contribution is 2.27. The van der Waals surface area contributed by atoms with E-state index in [9.17, 15) is 14.7 Å². The monoisotopic (exact) mass is 241 g/mol. The molecular weight excluding hydrogens is 218 g/mol. The van der Waals surface area contributed by atoms with Crippen molar-refractivity contribution in [2.75, 3.05) is 6.54 Å². The van der Waals surface area contributed by atoms with E-state index in [0.717, 1.165) is 0 Å². The lowest BCUT2D eigenvalue weighted by molar-refractivity contribution is -0.141. The normalized spacial score (nSPS) is 27.8. The number of carbonyl (C=O) groups excluding carboxylic acids is 2. The van der Waals surface area contributed by atoms with Crippen molar-refractivity contribution in [3.63, 3.8) is 0 Å². The van der Waals surface area contributed by atoms with E-state index < -0.39 is 6.10 Å². The molecule has 98 valence electrons. The van der Waals surface area contributed by atoms with E-state index in [-0.39, 0.29) is 35.6 Å². The number of aliphatic hydroxyl groups is 1. The Morgan fingerprint density at radius 3 is 1.94 bits per heavy atom. The van der Waals surface area contributed by atoms with Crippen LogP contribution in [-0.2, 0) is 9.59 Å². The fraction of sp³-hybridized carbons (Fsp3) is 0.846. The van der Waals surface area contributed by atoms with E-state index in [1.54, 1.807) is 13.8 Å². The van der Waals surface area contributed by atoms with Gasteiger partial charge in [-0.15, -0.1) is 0 Å². The Hall–Kier alpha value is -0.900. The highest BCUT2D eigenvalue weighted by molar-refractivity contribution is 6.04. The highest BCUT2D eigenvalue weighted by atomic mass is 16.3. The number of nitrogens with zero attached hydrogens (tertiary/aromatic N) is 1. The zero-order chi connectivity index (χ0) is 13.4. The van der Waals surface area contributed by atoms with Crippen LogP contribution in [0, 0.1) is 17.3 Å². The molecule has 1 N–H and O–H groups in total. The van der Waals surface area contributed by atoms with Crippen molar-refractivity contribution < 1.29 is 14.7 Å². The molecular formula is C13H23NO3. The van der Waals surface area contributed by atoms with E-state index in [4.69, 9.17) is 0 Å². The van der Waals surface area contributed by atoms with Crippen LogP contribution in [0.2, 0.25) is 0 Å². The second-order valence-corrected chi connectivity index (χ2v) is 6.28. The summed E-state index contributed by atoms with van der Waals surface area (Å²) in [6.45, 7) is 9.73. The van der Waals surface area contributed by atoms with Crippen LogP contribution in [0.3, 0.4) is 0 Å². The third kappa shape index (κ3) is 3.28. The molecule has 1 fully saturated rings. The summed E-state index contributed by atoms with van der Waals surface area (Å²) in [6, 6.07) is 0. The molecule has 0 aromatic heterocycles. The number of β-amino-alcohol motifs (C(OH)–C–C–N with tert-alkyl or cyclic N) is 1. The fourth-order valence-electron chi connectivity index (χ4n) is 2.19. The Morgan fingerprint density at radius 2 is 1.59 bits per heavy atom. The number of imide groups is 1. The second-order valence-electron chi connectivity index (χ2n) is 6.28. The molecule has 3 unspecified atom stereocenters. The van der Waals surface area contributed by atoms with Gasteiger partial charge in [0.2, 0.25) is 11.8 Å². The molecule has 3 atom stereocenters. The van der Waals surface area contributed by atoms with Gasteiger partial charge in [0.05, 0.1) is 12.6 Å². The lowest BCUT2D eigenvalue weighted by Gasteiger charge is -2.25. The first-order chi connectivity index (χ1) is 7.63. The third-order valence-corrected chi connectivity index (χ3v) is 3.30. The van der Waals surface area contributed by atoms with Crippen LogP contribution in [0.25, 0.3) is 0 Å². The lowest BCUT2D eigenvalue weighted by atomic mass is 9.89. The number of amides is 2. The summed E-state index contributed by atoms with van der Waals surface area (Å²) in [5.41, 5.74) is -0.0114. The van der Waals surface area contributed by atoms with Gasteiger partial charge in [-0.2, -0.15) is 0 Å². The van der Waals surface area contributed by atoms with Crippen molar-refractivity contribution in [1.82, 2.24) is 4.90 Å². The van der Waals surface area contributed by atoms with Crippen LogP contribution >= 0.6 is 0 Å². The van der Waals surface area contributed by atoms with Gasteiger partial charge in [0.25, 0.3) is 0 Å². The van der Waals surface area contributed by atoms with Crippen molar-refractivity contribution in [1.29, 1.82) is 0 Å². The smallest absolute Gasteiger partial charge is 0.232 e. The van der Waals surface area contributed by atoms with Gasteiger partial charge in [-0.3, -0.25) is 14.5 Å². The molecule has 1 heterocycles. The molecule has 0 aliphatic carbocycles. The molecule has 1 aliphatic rings. The minimum Gasteiger partial charge on any atom is -0.391 e. The Balaban J connectivity index is 2.63. The molecule has 0 aromatic carbocycles. The molecule has 1 saturated heterocycles. The largest absolute Gasteiger partial charge is 0.391 e. The van der Waals surface area contributed by atoms with Crippen LogP contribution in [0.15, 0.2) is 0 Å². The average molecular weight is 241 g/mol. The maximum atomic E-state index is 11.8. The van der Waals surface area contributed by atoms with Gasteiger partial charge in [-0.1, -0.05) is 34.6 Å². The lowest BCUT2D eigenvalue weighted by Crippen LogP contribution is -2.39. The van der Waals surface area contributed by atoms with Gasteiger partial charge in [-0.05, 0) is 11.8 Å². The van der Waals surface area contributed by atoms with Gasteiger partial charge >= 0.3 is 0 Å². The quantitative estimate of drug-likeness (QED) is 0.760. The number of hydrogen-bond acceptors (Lipinski definition) is 3. The topological polar surface area (TPSA) is 57.6 Å². The molecule has 17 heavy (non-hydrogen) atoms. The van der Waals surface area contributed by atoms with Crippen molar-refractivity contribution in [3.8, 4) is 0 Å². The van der Waals surface area contributed by atoms with E-state index in [2.05, 4.69) is 0 Å². The number of rotatable bonds is 3. The predicted octanol–water partition coefficient (Wildman–Crippen LogP) is 1.42. The van der Waals surface area contributed by atoms with Gasteiger partial charge in [-0.25, -0.2) is 0 Å². The summed E-state index contributed by atoms with van der Waals surface area (Å²) in [7, 11) is 0. The summed E-state index contributed by atoms with van der Waals surface area (Å²) in [5, 5.41) is 9.91. The highest BCUT2D eigenvalue weighted by Gasteiger charge is 2.42. The number of aliphatic hydroxyl groups excluding tert-OH is 1. The summed E-state index contributed by atoms with van der Waals surface area (Å²) < 4.78 is 0. The van der Waals surface area contributed by atoms with Crippen LogP contribution in [0.5, 0.6) is 0 Å². The van der Waals surface area contributed by atoms with E-state index in [0.29, 0.717) is 6.42 Å². The van der Waals surface area contributed by atoms with Gasteiger partial charge in [0, 0.05) is 11.8 Å². The Bertz CT molecular complexity index is 299. The van der Waals surface area contributed by atoms with E-state index in [1.807, 2.05) is 20.8 Å². The van der Waals surface area contributed by atoms with Crippen LogP contribution in [-0.4, -0.2) is 34.5 Å². The maximum absolute atomic E-state index is 11.8. The van der Waals surface area contributed by atoms with Gasteiger partial charge in [0.15, 0.2) is 0 Å². The Morgan fingerprint density at radius 1 is 1.18 bits per heavy atom. The molecule has 2 amide bonds.